The minimum absolute atomic E-state index is 0.575. The molecule has 0 aliphatic carbocycles. The monoisotopic (exact) mass is 317 g/mol. The minimum Gasteiger partial charge on any atom is -0.489 e. The van der Waals surface area contributed by atoms with Crippen molar-refractivity contribution >= 4 is 0 Å². The molecule has 0 unspecified atom stereocenters. The molecule has 1 aliphatic rings. The summed E-state index contributed by atoms with van der Waals surface area (Å²) in [5.41, 5.74) is 5.51. The molecular weight excluding hydrogens is 298 g/mol. The normalized spacial score (nSPS) is 13.3. The Kier molecular flexibility index (Phi) is 4.21. The zero-order valence-electron chi connectivity index (χ0n) is 13.4. The third-order valence-corrected chi connectivity index (χ3v) is 4.22. The summed E-state index contributed by atoms with van der Waals surface area (Å²) in [6.07, 6.45) is 1.01. The number of fused-ring (bicyclic) bond motifs is 1. The van der Waals surface area contributed by atoms with Gasteiger partial charge in [0.1, 0.15) is 12.4 Å². The van der Waals surface area contributed by atoms with Gasteiger partial charge in [-0.15, -0.1) is 0 Å². The van der Waals surface area contributed by atoms with Crippen LogP contribution in [0, 0.1) is 0 Å². The molecule has 0 saturated heterocycles. The van der Waals surface area contributed by atoms with Gasteiger partial charge in [-0.1, -0.05) is 30.3 Å². The number of nitrogens with zero attached hydrogens (tertiary/aromatic N) is 2. The molecule has 0 atom stereocenters. The molecule has 1 N–H and O–H groups in total. The van der Waals surface area contributed by atoms with Crippen molar-refractivity contribution in [3.63, 3.8) is 0 Å². The van der Waals surface area contributed by atoms with Crippen LogP contribution in [0.5, 0.6) is 5.75 Å². The lowest BCUT2D eigenvalue weighted by Crippen LogP contribution is -2.25. The van der Waals surface area contributed by atoms with Crippen LogP contribution in [-0.2, 0) is 19.6 Å². The summed E-state index contributed by atoms with van der Waals surface area (Å²) in [6.45, 7) is 2.39. The van der Waals surface area contributed by atoms with Gasteiger partial charge in [-0.25, -0.2) is 0 Å². The Hall–Kier alpha value is -2.72. The Morgan fingerprint density at radius 2 is 1.79 bits per heavy atom. The van der Waals surface area contributed by atoms with Gasteiger partial charge in [0.25, 0.3) is 0 Å². The summed E-state index contributed by atoms with van der Waals surface area (Å²) >= 11 is 0. The summed E-state index contributed by atoms with van der Waals surface area (Å²) in [7, 11) is 0. The number of aromatic nitrogens is 2. The van der Waals surface area contributed by atoms with Gasteiger partial charge in [0.05, 0.1) is 11.4 Å². The van der Waals surface area contributed by atoms with Crippen molar-refractivity contribution in [1.29, 1.82) is 0 Å². The van der Waals surface area contributed by atoms with Gasteiger partial charge >= 0.3 is 0 Å². The van der Waals surface area contributed by atoms with E-state index in [2.05, 4.69) is 33.7 Å². The molecule has 0 saturated carbocycles. The lowest BCUT2D eigenvalue weighted by atomic mass is 10.0. The lowest BCUT2D eigenvalue weighted by molar-refractivity contribution is 0.306. The number of ether oxygens (including phenoxy) is 1. The van der Waals surface area contributed by atoms with Crippen LogP contribution in [0.3, 0.4) is 0 Å². The van der Waals surface area contributed by atoms with Crippen LogP contribution in [0.25, 0.3) is 11.3 Å². The predicted octanol–water partition coefficient (Wildman–Crippen LogP) is 3.37. The molecule has 2 aromatic carbocycles. The fourth-order valence-electron chi connectivity index (χ4n) is 2.85. The maximum atomic E-state index is 5.83. The fraction of sp³-hybridized carbons (Fsp3) is 0.200. The van der Waals surface area contributed by atoms with Crippen LogP contribution in [0.4, 0.5) is 0 Å². The van der Waals surface area contributed by atoms with Crippen molar-refractivity contribution in [1.82, 2.24) is 15.5 Å². The van der Waals surface area contributed by atoms with Gasteiger partial charge in [-0.05, 0) is 54.4 Å². The standard InChI is InChI=1S/C20H19N3O/c1-2-4-15(5-3-1)14-24-18-8-6-16(7-9-18)19-12-17-10-11-21-13-20(17)23-22-19/h1-9,12,21H,10-11,13-14H2. The SMILES string of the molecule is c1ccc(COc2ccc(-c3cc4c(nn3)CNCC4)cc2)cc1. The van der Waals surface area contributed by atoms with E-state index >= 15 is 0 Å². The predicted molar refractivity (Wildman–Crippen MR) is 93.7 cm³/mol. The summed E-state index contributed by atoms with van der Waals surface area (Å²) in [5, 5.41) is 12.0. The Labute approximate surface area is 141 Å². The number of hydrogen-bond donors (Lipinski definition) is 1. The molecule has 24 heavy (non-hydrogen) atoms. The Balaban J connectivity index is 1.47. The molecule has 4 rings (SSSR count). The molecule has 0 spiro atoms. The Morgan fingerprint density at radius 1 is 0.958 bits per heavy atom. The van der Waals surface area contributed by atoms with Crippen molar-refractivity contribution in [3.8, 4) is 17.0 Å². The van der Waals surface area contributed by atoms with E-state index in [-0.39, 0.29) is 0 Å². The molecule has 4 heteroatoms. The van der Waals surface area contributed by atoms with Crippen LogP contribution < -0.4 is 10.1 Å². The maximum absolute atomic E-state index is 5.83. The van der Waals surface area contributed by atoms with Crippen LogP contribution in [0.15, 0.2) is 60.7 Å². The second kappa shape index (κ2) is 6.81. The van der Waals surface area contributed by atoms with Gasteiger partial charge in [0.2, 0.25) is 0 Å². The molecule has 0 bridgehead atoms. The fourth-order valence-corrected chi connectivity index (χ4v) is 2.85. The summed E-state index contributed by atoms with van der Waals surface area (Å²) in [4.78, 5) is 0. The smallest absolute Gasteiger partial charge is 0.119 e. The molecule has 3 aromatic rings. The number of rotatable bonds is 4. The van der Waals surface area contributed by atoms with E-state index in [1.807, 2.05) is 42.5 Å². The van der Waals surface area contributed by atoms with Gasteiger partial charge in [-0.3, -0.25) is 0 Å². The van der Waals surface area contributed by atoms with Crippen molar-refractivity contribution in [2.24, 2.45) is 0 Å². The maximum Gasteiger partial charge on any atom is 0.119 e. The van der Waals surface area contributed by atoms with E-state index in [0.717, 1.165) is 47.8 Å². The van der Waals surface area contributed by atoms with Crippen molar-refractivity contribution in [2.75, 3.05) is 6.54 Å². The van der Waals surface area contributed by atoms with Gasteiger partial charge in [0.15, 0.2) is 0 Å². The molecule has 2 heterocycles. The van der Waals surface area contributed by atoms with Crippen molar-refractivity contribution < 1.29 is 4.74 Å². The third kappa shape index (κ3) is 3.29. The van der Waals surface area contributed by atoms with E-state index in [1.54, 1.807) is 0 Å². The molecule has 0 radical (unpaired) electrons. The first kappa shape index (κ1) is 14.8. The van der Waals surface area contributed by atoms with Crippen molar-refractivity contribution in [3.05, 3.63) is 77.5 Å². The van der Waals surface area contributed by atoms with E-state index < -0.39 is 0 Å². The first-order valence-corrected chi connectivity index (χ1v) is 8.22. The van der Waals surface area contributed by atoms with Gasteiger partial charge < -0.3 is 10.1 Å². The highest BCUT2D eigenvalue weighted by Crippen LogP contribution is 2.23. The van der Waals surface area contributed by atoms with Crippen LogP contribution >= 0.6 is 0 Å². The third-order valence-electron chi connectivity index (χ3n) is 4.22. The second-order valence-electron chi connectivity index (χ2n) is 5.93. The number of hydrogen-bond acceptors (Lipinski definition) is 4. The summed E-state index contributed by atoms with van der Waals surface area (Å²) < 4.78 is 5.83. The Bertz CT molecular complexity index is 816. The highest BCUT2D eigenvalue weighted by atomic mass is 16.5. The van der Waals surface area contributed by atoms with Gasteiger partial charge in [0, 0.05) is 12.1 Å². The zero-order chi connectivity index (χ0) is 16.2. The molecule has 1 aliphatic heterocycles. The molecule has 4 nitrogen and oxygen atoms in total. The Morgan fingerprint density at radius 3 is 2.62 bits per heavy atom. The van der Waals surface area contributed by atoms with E-state index in [9.17, 15) is 0 Å². The number of benzene rings is 2. The highest BCUT2D eigenvalue weighted by molar-refractivity contribution is 5.60. The van der Waals surface area contributed by atoms with E-state index in [4.69, 9.17) is 4.74 Å². The highest BCUT2D eigenvalue weighted by Gasteiger charge is 2.12. The molecule has 120 valence electrons. The zero-order valence-corrected chi connectivity index (χ0v) is 13.4. The summed E-state index contributed by atoms with van der Waals surface area (Å²) in [5.74, 6) is 0.859. The quantitative estimate of drug-likeness (QED) is 0.801. The van der Waals surface area contributed by atoms with Gasteiger partial charge in [-0.2, -0.15) is 10.2 Å². The largest absolute Gasteiger partial charge is 0.489 e. The van der Waals surface area contributed by atoms with E-state index in [0.29, 0.717) is 6.61 Å². The van der Waals surface area contributed by atoms with Crippen LogP contribution in [-0.4, -0.2) is 16.7 Å². The summed E-state index contributed by atoms with van der Waals surface area (Å²) in [6, 6.07) is 20.4. The topological polar surface area (TPSA) is 47.0 Å². The van der Waals surface area contributed by atoms with Crippen molar-refractivity contribution in [2.45, 2.75) is 19.6 Å². The first-order valence-electron chi connectivity index (χ1n) is 8.22. The lowest BCUT2D eigenvalue weighted by Gasteiger charge is -2.15. The first-order chi connectivity index (χ1) is 11.9. The van der Waals surface area contributed by atoms with E-state index in [1.165, 1.54) is 5.56 Å². The molecular formula is C20H19N3O. The second-order valence-corrected chi connectivity index (χ2v) is 5.93. The number of nitrogens with one attached hydrogen (secondary N) is 1. The van der Waals surface area contributed by atoms with Crippen LogP contribution in [0.2, 0.25) is 0 Å². The molecule has 1 aromatic heterocycles. The van der Waals surface area contributed by atoms with Crippen LogP contribution in [0.1, 0.15) is 16.8 Å². The average Bonchev–Trinajstić information content (AvgIpc) is 2.67. The molecule has 0 amide bonds. The minimum atomic E-state index is 0.575. The molecule has 0 fully saturated rings. The average molecular weight is 317 g/mol.